The summed E-state index contributed by atoms with van der Waals surface area (Å²) in [4.78, 5) is 0. The van der Waals surface area contributed by atoms with E-state index in [1.54, 1.807) is 7.11 Å². The van der Waals surface area contributed by atoms with Crippen LogP contribution in [0.2, 0.25) is 0 Å². The number of aliphatic hydroxyl groups excluding tert-OH is 1. The van der Waals surface area contributed by atoms with Crippen LogP contribution in [-0.4, -0.2) is 25.4 Å². The third kappa shape index (κ3) is 3.11. The maximum Gasteiger partial charge on any atom is 0.129 e. The molecule has 1 unspecified atom stereocenters. The van der Waals surface area contributed by atoms with Crippen molar-refractivity contribution in [1.82, 2.24) is 0 Å². The van der Waals surface area contributed by atoms with Gasteiger partial charge in [-0.05, 0) is 29.8 Å². The highest BCUT2D eigenvalue weighted by Gasteiger charge is 2.21. The predicted octanol–water partition coefficient (Wildman–Crippen LogP) is 2.74. The predicted molar refractivity (Wildman–Crippen MR) is 79.1 cm³/mol. The number of methoxy groups -OCH3 is 1. The average molecular weight is 286 g/mol. The van der Waals surface area contributed by atoms with Crippen molar-refractivity contribution in [3.05, 3.63) is 53.6 Å². The van der Waals surface area contributed by atoms with Crippen LogP contribution in [0.25, 0.3) is 0 Å². The largest absolute Gasteiger partial charge is 0.497 e. The van der Waals surface area contributed by atoms with Gasteiger partial charge in [0.1, 0.15) is 30.0 Å². The second kappa shape index (κ2) is 6.06. The maximum atomic E-state index is 9.66. The lowest BCUT2D eigenvalue weighted by Crippen LogP contribution is -2.01. The first kappa shape index (κ1) is 13.8. The van der Waals surface area contributed by atoms with Crippen LogP contribution in [0.15, 0.2) is 42.5 Å². The van der Waals surface area contributed by atoms with E-state index >= 15 is 0 Å². The van der Waals surface area contributed by atoms with Crippen LogP contribution >= 0.6 is 0 Å². The molecule has 1 N–H and O–H groups in total. The molecule has 110 valence electrons. The molecule has 1 atom stereocenters. The van der Waals surface area contributed by atoms with Gasteiger partial charge in [0, 0.05) is 18.1 Å². The summed E-state index contributed by atoms with van der Waals surface area (Å²) in [7, 11) is 1.66. The Kier molecular flexibility index (Phi) is 3.97. The van der Waals surface area contributed by atoms with Crippen molar-refractivity contribution in [2.75, 3.05) is 20.3 Å². The summed E-state index contributed by atoms with van der Waals surface area (Å²) in [6, 6.07) is 13.5. The van der Waals surface area contributed by atoms with Crippen molar-refractivity contribution in [3.63, 3.8) is 0 Å². The fourth-order valence-corrected chi connectivity index (χ4v) is 2.34. The molecule has 2 aromatic carbocycles. The summed E-state index contributed by atoms with van der Waals surface area (Å²) in [5.41, 5.74) is 2.03. The molecule has 0 bridgehead atoms. The summed E-state index contributed by atoms with van der Waals surface area (Å²) in [6.07, 6.45) is 0.304. The molecule has 0 spiro atoms. The van der Waals surface area contributed by atoms with E-state index in [9.17, 15) is 5.11 Å². The fraction of sp³-hybridized carbons (Fsp3) is 0.294. The zero-order chi connectivity index (χ0) is 14.7. The van der Waals surface area contributed by atoms with E-state index in [1.807, 2.05) is 42.5 Å². The van der Waals surface area contributed by atoms with Crippen LogP contribution < -0.4 is 14.2 Å². The molecule has 4 nitrogen and oxygen atoms in total. The van der Waals surface area contributed by atoms with Crippen LogP contribution in [0.4, 0.5) is 0 Å². The van der Waals surface area contributed by atoms with E-state index in [-0.39, 0.29) is 0 Å². The Morgan fingerprint density at radius 1 is 1.14 bits per heavy atom. The van der Waals surface area contributed by atoms with Gasteiger partial charge in [0.25, 0.3) is 0 Å². The summed E-state index contributed by atoms with van der Waals surface area (Å²) in [5.74, 6) is 2.33. The molecule has 1 heterocycles. The minimum Gasteiger partial charge on any atom is -0.497 e. The fourth-order valence-electron chi connectivity index (χ4n) is 2.34. The highest BCUT2D eigenvalue weighted by molar-refractivity contribution is 5.44. The number of fused-ring (bicyclic) bond motifs is 1. The zero-order valence-electron chi connectivity index (χ0n) is 11.9. The average Bonchev–Trinajstić information content (AvgIpc) is 2.89. The normalized spacial score (nSPS) is 16.2. The summed E-state index contributed by atoms with van der Waals surface area (Å²) in [5, 5.41) is 9.66. The summed E-state index contributed by atoms with van der Waals surface area (Å²) < 4.78 is 16.3. The molecule has 0 amide bonds. The topological polar surface area (TPSA) is 47.9 Å². The smallest absolute Gasteiger partial charge is 0.129 e. The van der Waals surface area contributed by atoms with Crippen molar-refractivity contribution in [1.29, 1.82) is 0 Å². The molecule has 3 rings (SSSR count). The molecule has 1 aliphatic heterocycles. The molecule has 1 aliphatic rings. The number of ether oxygens (including phenoxy) is 3. The molecule has 2 aromatic rings. The van der Waals surface area contributed by atoms with Crippen LogP contribution in [0.3, 0.4) is 0 Å². The van der Waals surface area contributed by atoms with Gasteiger partial charge in [-0.2, -0.15) is 0 Å². The first-order valence-corrected chi connectivity index (χ1v) is 6.97. The van der Waals surface area contributed by atoms with E-state index in [2.05, 4.69) is 0 Å². The molecule has 0 aliphatic carbocycles. The highest BCUT2D eigenvalue weighted by Crippen LogP contribution is 2.35. The quantitative estimate of drug-likeness (QED) is 0.918. The van der Waals surface area contributed by atoms with E-state index < -0.39 is 6.10 Å². The van der Waals surface area contributed by atoms with E-state index in [4.69, 9.17) is 14.2 Å². The van der Waals surface area contributed by atoms with Crippen molar-refractivity contribution < 1.29 is 19.3 Å². The molecule has 4 heteroatoms. The molecule has 0 fully saturated rings. The minimum atomic E-state index is -0.520. The van der Waals surface area contributed by atoms with Crippen LogP contribution in [0.5, 0.6) is 17.2 Å². The van der Waals surface area contributed by atoms with Gasteiger partial charge in [-0.25, -0.2) is 0 Å². The highest BCUT2D eigenvalue weighted by atomic mass is 16.5. The van der Waals surface area contributed by atoms with E-state index in [1.165, 1.54) is 5.56 Å². The molecule has 21 heavy (non-hydrogen) atoms. The number of benzene rings is 2. The van der Waals surface area contributed by atoms with Gasteiger partial charge in [-0.1, -0.05) is 12.1 Å². The Hall–Kier alpha value is -2.20. The molecule has 0 radical (unpaired) electrons. The Balaban J connectivity index is 1.55. The Morgan fingerprint density at radius 3 is 2.67 bits per heavy atom. The minimum absolute atomic E-state index is 0.324. The number of hydrogen-bond acceptors (Lipinski definition) is 4. The Labute approximate surface area is 123 Å². The molecular formula is C17H18O4. The Bertz CT molecular complexity index is 607. The van der Waals surface area contributed by atoms with Gasteiger partial charge in [0.15, 0.2) is 0 Å². The van der Waals surface area contributed by atoms with Gasteiger partial charge in [0.05, 0.1) is 13.7 Å². The summed E-state index contributed by atoms with van der Waals surface area (Å²) >= 11 is 0. The Morgan fingerprint density at radius 2 is 1.90 bits per heavy atom. The third-order valence-corrected chi connectivity index (χ3v) is 3.56. The van der Waals surface area contributed by atoms with Gasteiger partial charge in [-0.3, -0.25) is 0 Å². The van der Waals surface area contributed by atoms with E-state index in [0.29, 0.717) is 19.0 Å². The van der Waals surface area contributed by atoms with Gasteiger partial charge >= 0.3 is 0 Å². The number of hydrogen-bond donors (Lipinski definition) is 1. The van der Waals surface area contributed by atoms with Gasteiger partial charge in [-0.15, -0.1) is 0 Å². The lowest BCUT2D eigenvalue weighted by atomic mass is 10.1. The molecule has 0 saturated carbocycles. The third-order valence-electron chi connectivity index (χ3n) is 3.56. The lowest BCUT2D eigenvalue weighted by molar-refractivity contribution is 0.140. The van der Waals surface area contributed by atoms with Crippen LogP contribution in [0, 0.1) is 0 Å². The summed E-state index contributed by atoms with van der Waals surface area (Å²) in [6.45, 7) is 0.915. The van der Waals surface area contributed by atoms with Crippen molar-refractivity contribution in [2.24, 2.45) is 0 Å². The standard InChI is InChI=1S/C17H18O4/c1-19-13-4-2-12(3-5-13)8-9-20-14-6-7-15-16(18)11-21-17(15)10-14/h2-7,10,16,18H,8-9,11H2,1H3. The number of rotatable bonds is 5. The first-order valence-electron chi connectivity index (χ1n) is 6.97. The van der Waals surface area contributed by atoms with Crippen molar-refractivity contribution >= 4 is 0 Å². The number of aliphatic hydroxyl groups is 1. The van der Waals surface area contributed by atoms with E-state index in [0.717, 1.165) is 23.5 Å². The molecule has 0 aromatic heterocycles. The second-order valence-electron chi connectivity index (χ2n) is 4.97. The second-order valence-corrected chi connectivity index (χ2v) is 4.97. The van der Waals surface area contributed by atoms with Crippen molar-refractivity contribution in [2.45, 2.75) is 12.5 Å². The molecular weight excluding hydrogens is 268 g/mol. The van der Waals surface area contributed by atoms with Gasteiger partial charge in [0.2, 0.25) is 0 Å². The van der Waals surface area contributed by atoms with Crippen LogP contribution in [0.1, 0.15) is 17.2 Å². The SMILES string of the molecule is COc1ccc(CCOc2ccc3c(c2)OCC3O)cc1. The molecule has 0 saturated heterocycles. The van der Waals surface area contributed by atoms with Crippen LogP contribution in [-0.2, 0) is 6.42 Å². The monoisotopic (exact) mass is 286 g/mol. The van der Waals surface area contributed by atoms with Gasteiger partial charge < -0.3 is 19.3 Å². The maximum absolute atomic E-state index is 9.66. The van der Waals surface area contributed by atoms with Crippen molar-refractivity contribution in [3.8, 4) is 17.2 Å². The zero-order valence-corrected chi connectivity index (χ0v) is 11.9. The first-order chi connectivity index (χ1) is 10.3. The lowest BCUT2D eigenvalue weighted by Gasteiger charge is -2.08.